The number of hydrazine groups is 1. The normalized spacial score (nSPS) is 22.7. The van der Waals surface area contributed by atoms with Crippen molar-refractivity contribution in [2.45, 2.75) is 18.5 Å². The van der Waals surface area contributed by atoms with Crippen molar-refractivity contribution < 1.29 is 9.59 Å². The van der Waals surface area contributed by atoms with Gasteiger partial charge in [-0.3, -0.25) is 19.6 Å². The van der Waals surface area contributed by atoms with Crippen molar-refractivity contribution in [2.75, 3.05) is 26.2 Å². The molecule has 2 aromatic rings. The van der Waals surface area contributed by atoms with Crippen molar-refractivity contribution in [1.29, 1.82) is 0 Å². The van der Waals surface area contributed by atoms with Crippen molar-refractivity contribution in [1.82, 2.24) is 30.6 Å². The fourth-order valence-corrected chi connectivity index (χ4v) is 3.53. The fraction of sp³-hybridized carbons (Fsp3) is 0.368. The summed E-state index contributed by atoms with van der Waals surface area (Å²) >= 11 is 0. The molecule has 0 aliphatic carbocycles. The molecule has 2 fully saturated rings. The third-order valence-corrected chi connectivity index (χ3v) is 5.07. The summed E-state index contributed by atoms with van der Waals surface area (Å²) in [7, 11) is 0. The molecule has 0 aromatic carbocycles. The second-order valence-corrected chi connectivity index (χ2v) is 6.74. The van der Waals surface area contributed by atoms with E-state index in [1.54, 1.807) is 41.7 Å². The molecule has 2 atom stereocenters. The van der Waals surface area contributed by atoms with E-state index in [0.29, 0.717) is 38.3 Å². The van der Waals surface area contributed by atoms with Gasteiger partial charge in [-0.05, 0) is 36.2 Å². The van der Waals surface area contributed by atoms with Gasteiger partial charge in [0.1, 0.15) is 11.7 Å². The molecule has 2 aromatic heterocycles. The van der Waals surface area contributed by atoms with E-state index in [2.05, 4.69) is 20.8 Å². The quantitative estimate of drug-likeness (QED) is 0.816. The lowest BCUT2D eigenvalue weighted by Crippen LogP contribution is -2.54. The number of aromatic nitrogens is 2. The van der Waals surface area contributed by atoms with Gasteiger partial charge in [0.25, 0.3) is 5.91 Å². The zero-order valence-electron chi connectivity index (χ0n) is 14.9. The van der Waals surface area contributed by atoms with Crippen LogP contribution in [0.1, 0.15) is 28.5 Å². The monoisotopic (exact) mass is 366 g/mol. The van der Waals surface area contributed by atoms with E-state index in [-0.39, 0.29) is 23.9 Å². The topological polar surface area (TPSA) is 90.5 Å². The molecule has 8 heteroatoms. The van der Waals surface area contributed by atoms with E-state index in [1.807, 2.05) is 17.0 Å². The zero-order valence-corrected chi connectivity index (χ0v) is 14.9. The van der Waals surface area contributed by atoms with Crippen LogP contribution in [0, 0.1) is 0 Å². The number of amides is 2. The summed E-state index contributed by atoms with van der Waals surface area (Å²) in [6.07, 6.45) is 5.81. The van der Waals surface area contributed by atoms with Gasteiger partial charge >= 0.3 is 0 Å². The SMILES string of the molecule is O=C(c1ccccn1)N1CCN(C(=O)C2CC(c3ccncc3)NN2)CC1. The van der Waals surface area contributed by atoms with E-state index in [9.17, 15) is 9.59 Å². The van der Waals surface area contributed by atoms with Gasteiger partial charge in [-0.25, -0.2) is 10.9 Å². The summed E-state index contributed by atoms with van der Waals surface area (Å²) in [4.78, 5) is 37.0. The Hall–Kier alpha value is -2.84. The molecule has 2 aliphatic heterocycles. The smallest absolute Gasteiger partial charge is 0.272 e. The van der Waals surface area contributed by atoms with E-state index >= 15 is 0 Å². The number of pyridine rings is 2. The molecule has 0 bridgehead atoms. The average Bonchev–Trinajstić information content (AvgIpc) is 3.24. The van der Waals surface area contributed by atoms with Crippen molar-refractivity contribution in [3.63, 3.8) is 0 Å². The highest BCUT2D eigenvalue weighted by Crippen LogP contribution is 2.22. The summed E-state index contributed by atoms with van der Waals surface area (Å²) in [6.45, 7) is 2.12. The van der Waals surface area contributed by atoms with Crippen LogP contribution in [-0.4, -0.2) is 63.8 Å². The maximum Gasteiger partial charge on any atom is 0.272 e. The number of nitrogens with zero attached hydrogens (tertiary/aromatic N) is 4. The van der Waals surface area contributed by atoms with Gasteiger partial charge < -0.3 is 9.80 Å². The molecule has 2 N–H and O–H groups in total. The second kappa shape index (κ2) is 7.81. The van der Waals surface area contributed by atoms with Gasteiger partial charge in [0, 0.05) is 50.8 Å². The molecule has 27 heavy (non-hydrogen) atoms. The molecular formula is C19H22N6O2. The summed E-state index contributed by atoms with van der Waals surface area (Å²) in [5, 5.41) is 0. The summed E-state index contributed by atoms with van der Waals surface area (Å²) < 4.78 is 0. The van der Waals surface area contributed by atoms with Gasteiger partial charge in [-0.1, -0.05) is 6.07 Å². The highest BCUT2D eigenvalue weighted by atomic mass is 16.2. The van der Waals surface area contributed by atoms with Crippen LogP contribution in [0.3, 0.4) is 0 Å². The first-order chi connectivity index (χ1) is 13.2. The number of carbonyl (C=O) groups excluding carboxylic acids is 2. The third kappa shape index (κ3) is 3.81. The van der Waals surface area contributed by atoms with Crippen LogP contribution < -0.4 is 10.9 Å². The molecule has 2 aliphatic rings. The molecule has 2 amide bonds. The van der Waals surface area contributed by atoms with Crippen LogP contribution in [-0.2, 0) is 4.79 Å². The van der Waals surface area contributed by atoms with Gasteiger partial charge in [0.05, 0.1) is 0 Å². The Morgan fingerprint density at radius 3 is 2.37 bits per heavy atom. The van der Waals surface area contributed by atoms with E-state index in [4.69, 9.17) is 0 Å². The highest BCUT2D eigenvalue weighted by Gasteiger charge is 2.34. The van der Waals surface area contributed by atoms with E-state index in [0.717, 1.165) is 5.56 Å². The lowest BCUT2D eigenvalue weighted by Gasteiger charge is -2.35. The van der Waals surface area contributed by atoms with Gasteiger partial charge in [-0.2, -0.15) is 0 Å². The molecule has 4 heterocycles. The van der Waals surface area contributed by atoms with Crippen LogP contribution in [0.4, 0.5) is 0 Å². The zero-order chi connectivity index (χ0) is 18.6. The Balaban J connectivity index is 1.31. The predicted molar refractivity (Wildman–Crippen MR) is 98.4 cm³/mol. The molecule has 2 unspecified atom stereocenters. The lowest BCUT2D eigenvalue weighted by atomic mass is 10.0. The number of carbonyl (C=O) groups is 2. The minimum atomic E-state index is -0.263. The van der Waals surface area contributed by atoms with Crippen molar-refractivity contribution in [3.05, 3.63) is 60.2 Å². The third-order valence-electron chi connectivity index (χ3n) is 5.07. The standard InChI is InChI=1S/C19H22N6O2/c26-18(15-3-1-2-6-21-15)24-9-11-25(12-10-24)19(27)17-13-16(22-23-17)14-4-7-20-8-5-14/h1-8,16-17,22-23H,9-13H2. The molecule has 140 valence electrons. The summed E-state index contributed by atoms with van der Waals surface area (Å²) in [5.74, 6) is -0.00917. The number of hydrogen-bond donors (Lipinski definition) is 2. The fourth-order valence-electron chi connectivity index (χ4n) is 3.53. The molecule has 0 radical (unpaired) electrons. The molecule has 0 saturated carbocycles. The van der Waals surface area contributed by atoms with Crippen molar-refractivity contribution in [3.8, 4) is 0 Å². The van der Waals surface area contributed by atoms with Crippen molar-refractivity contribution in [2.24, 2.45) is 0 Å². The van der Waals surface area contributed by atoms with Crippen LogP contribution in [0.15, 0.2) is 48.9 Å². The number of nitrogens with one attached hydrogen (secondary N) is 2. The van der Waals surface area contributed by atoms with Crippen LogP contribution in [0.5, 0.6) is 0 Å². The molecule has 2 saturated heterocycles. The van der Waals surface area contributed by atoms with Crippen molar-refractivity contribution >= 4 is 11.8 Å². The first-order valence-electron chi connectivity index (χ1n) is 9.12. The van der Waals surface area contributed by atoms with Crippen LogP contribution in [0.2, 0.25) is 0 Å². The van der Waals surface area contributed by atoms with Gasteiger partial charge in [0.15, 0.2) is 0 Å². The van der Waals surface area contributed by atoms with Gasteiger partial charge in [-0.15, -0.1) is 0 Å². The predicted octanol–water partition coefficient (Wildman–Crippen LogP) is 0.369. The summed E-state index contributed by atoms with van der Waals surface area (Å²) in [5.41, 5.74) is 7.86. The lowest BCUT2D eigenvalue weighted by molar-refractivity contribution is -0.134. The number of piperazine rings is 1. The average molecular weight is 366 g/mol. The first-order valence-corrected chi connectivity index (χ1v) is 9.12. The largest absolute Gasteiger partial charge is 0.338 e. The maximum absolute atomic E-state index is 12.8. The Bertz CT molecular complexity index is 792. The first kappa shape index (κ1) is 17.6. The Morgan fingerprint density at radius 2 is 1.67 bits per heavy atom. The highest BCUT2D eigenvalue weighted by molar-refractivity contribution is 5.92. The summed E-state index contributed by atoms with van der Waals surface area (Å²) in [6, 6.07) is 9.04. The Kier molecular flexibility index (Phi) is 5.08. The van der Waals surface area contributed by atoms with E-state index < -0.39 is 0 Å². The number of rotatable bonds is 3. The van der Waals surface area contributed by atoms with Crippen LogP contribution in [0.25, 0.3) is 0 Å². The molecule has 0 spiro atoms. The van der Waals surface area contributed by atoms with E-state index in [1.165, 1.54) is 0 Å². The van der Waals surface area contributed by atoms with Crippen LogP contribution >= 0.6 is 0 Å². The molecule has 8 nitrogen and oxygen atoms in total. The number of hydrogen-bond acceptors (Lipinski definition) is 6. The minimum absolute atomic E-state index is 0.0731. The molecular weight excluding hydrogens is 344 g/mol. The Morgan fingerprint density at radius 1 is 0.926 bits per heavy atom. The molecule has 4 rings (SSSR count). The maximum atomic E-state index is 12.8. The second-order valence-electron chi connectivity index (χ2n) is 6.74. The van der Waals surface area contributed by atoms with Gasteiger partial charge in [0.2, 0.25) is 5.91 Å². The Labute approximate surface area is 157 Å². The minimum Gasteiger partial charge on any atom is -0.338 e.